The van der Waals surface area contributed by atoms with Gasteiger partial charge in [0.25, 0.3) is 0 Å². The van der Waals surface area contributed by atoms with Crippen LogP contribution in [0.3, 0.4) is 0 Å². The van der Waals surface area contributed by atoms with Crippen LogP contribution in [0.2, 0.25) is 0 Å². The van der Waals surface area contributed by atoms with Crippen LogP contribution in [0, 0.1) is 0 Å². The van der Waals surface area contributed by atoms with E-state index < -0.39 is 0 Å². The standard InChI is InChI=1S/C53H34N2.C9H7NO.Li/c1-3-15-37(16-4-1)53-54-49-30-28-41(34-50(49)55(53)44-19-5-2-6-20-44)40-27-29-47-48(33-40)52(43-26-24-36-14-8-10-18-39(36)32-43)46-22-12-11-21-45(46)51(47)42-25-23-35-13-7-9-17-38(35)31-42;11-8-5-1-3-7-4-2-6-10-9(7)8;/h1-34H;1-6,11H;/q;;+1/p-1. The van der Waals surface area contributed by atoms with Gasteiger partial charge in [-0.1, -0.05) is 194 Å². The zero-order valence-corrected chi connectivity index (χ0v) is 36.8. The molecule has 310 valence electrons. The summed E-state index contributed by atoms with van der Waals surface area (Å²) in [4.78, 5) is 9.15. The molecule has 0 aliphatic heterocycles. The first-order valence-electron chi connectivity index (χ1n) is 22.3. The van der Waals surface area contributed by atoms with Gasteiger partial charge in [0.2, 0.25) is 0 Å². The Bertz CT molecular complexity index is 3950. The molecule has 0 aliphatic rings. The normalized spacial score (nSPS) is 11.2. The minimum absolute atomic E-state index is 0. The molecule has 0 fully saturated rings. The number of rotatable bonds is 5. The van der Waals surface area contributed by atoms with Gasteiger partial charge in [-0.2, -0.15) is 0 Å². The number of aromatic nitrogens is 3. The fourth-order valence-corrected chi connectivity index (χ4v) is 9.62. The van der Waals surface area contributed by atoms with E-state index in [1.165, 1.54) is 77.0 Å². The summed E-state index contributed by atoms with van der Waals surface area (Å²) in [5, 5.41) is 22.0. The van der Waals surface area contributed by atoms with E-state index in [1.807, 2.05) is 18.2 Å². The Morgan fingerprint density at radius 3 is 1.55 bits per heavy atom. The van der Waals surface area contributed by atoms with Crippen molar-refractivity contribution < 1.29 is 24.0 Å². The van der Waals surface area contributed by atoms with Crippen molar-refractivity contribution in [1.82, 2.24) is 14.5 Å². The van der Waals surface area contributed by atoms with Crippen molar-refractivity contribution in [3.63, 3.8) is 0 Å². The van der Waals surface area contributed by atoms with Gasteiger partial charge in [0, 0.05) is 17.4 Å². The maximum atomic E-state index is 11.1. The zero-order valence-electron chi connectivity index (χ0n) is 36.8. The van der Waals surface area contributed by atoms with E-state index >= 15 is 0 Å². The molecule has 0 saturated heterocycles. The predicted molar refractivity (Wildman–Crippen MR) is 274 cm³/mol. The Balaban J connectivity index is 0.000000361. The van der Waals surface area contributed by atoms with Gasteiger partial charge in [-0.25, -0.2) is 4.98 Å². The van der Waals surface area contributed by atoms with Crippen molar-refractivity contribution in [2.45, 2.75) is 0 Å². The molecule has 5 heteroatoms. The van der Waals surface area contributed by atoms with Gasteiger partial charge < -0.3 is 5.11 Å². The molecule has 0 radical (unpaired) electrons. The molecule has 0 aliphatic carbocycles. The number of fused-ring (bicyclic) bond motifs is 6. The second kappa shape index (κ2) is 17.6. The first-order valence-corrected chi connectivity index (χ1v) is 22.3. The second-order valence-corrected chi connectivity index (χ2v) is 16.7. The van der Waals surface area contributed by atoms with Crippen LogP contribution in [0.15, 0.2) is 243 Å². The van der Waals surface area contributed by atoms with Crippen LogP contribution in [0.5, 0.6) is 5.75 Å². The third-order valence-electron chi connectivity index (χ3n) is 12.7. The van der Waals surface area contributed by atoms with E-state index in [2.05, 4.69) is 216 Å². The second-order valence-electron chi connectivity index (χ2n) is 16.7. The molecule has 13 rings (SSSR count). The van der Waals surface area contributed by atoms with Crippen molar-refractivity contribution in [3.05, 3.63) is 243 Å². The molecule has 2 aromatic heterocycles. The average molecular weight is 850 g/mol. The molecule has 0 amide bonds. The van der Waals surface area contributed by atoms with Gasteiger partial charge in [-0.3, -0.25) is 9.55 Å². The molecule has 11 aromatic carbocycles. The summed E-state index contributed by atoms with van der Waals surface area (Å²) in [5.74, 6) is 0.922. The molecule has 0 saturated carbocycles. The minimum atomic E-state index is -0.0110. The third-order valence-corrected chi connectivity index (χ3v) is 12.7. The summed E-state index contributed by atoms with van der Waals surface area (Å²) in [6, 6.07) is 83.7. The van der Waals surface area contributed by atoms with Crippen LogP contribution < -0.4 is 24.0 Å². The molecule has 0 bridgehead atoms. The molecule has 0 atom stereocenters. The number of hydrogen-bond acceptors (Lipinski definition) is 3. The van der Waals surface area contributed by atoms with Crippen molar-refractivity contribution >= 4 is 65.0 Å². The summed E-state index contributed by atoms with van der Waals surface area (Å²) in [6.07, 6.45) is 1.63. The van der Waals surface area contributed by atoms with E-state index in [-0.39, 0.29) is 24.6 Å². The predicted octanol–water partition coefficient (Wildman–Crippen LogP) is 12.6. The van der Waals surface area contributed by atoms with Crippen molar-refractivity contribution in [1.29, 1.82) is 0 Å². The number of hydrogen-bond donors (Lipinski definition) is 0. The van der Waals surface area contributed by atoms with Crippen LogP contribution >= 0.6 is 0 Å². The van der Waals surface area contributed by atoms with Crippen LogP contribution in [0.25, 0.3) is 115 Å². The summed E-state index contributed by atoms with van der Waals surface area (Å²) in [7, 11) is 0. The topological polar surface area (TPSA) is 53.8 Å². The molecule has 4 nitrogen and oxygen atoms in total. The molecule has 0 spiro atoms. The van der Waals surface area contributed by atoms with Gasteiger partial charge in [0.05, 0.1) is 16.6 Å². The Labute approximate surface area is 400 Å². The van der Waals surface area contributed by atoms with Crippen LogP contribution in [-0.2, 0) is 0 Å². The van der Waals surface area contributed by atoms with E-state index in [4.69, 9.17) is 4.98 Å². The summed E-state index contributed by atoms with van der Waals surface area (Å²) < 4.78 is 2.29. The van der Waals surface area contributed by atoms with Crippen LogP contribution in [0.4, 0.5) is 0 Å². The number of benzene rings is 11. The summed E-state index contributed by atoms with van der Waals surface area (Å²) in [6.45, 7) is 0. The Morgan fingerprint density at radius 2 is 0.881 bits per heavy atom. The Hall–Kier alpha value is -8.26. The van der Waals surface area contributed by atoms with E-state index in [0.29, 0.717) is 5.52 Å². The monoisotopic (exact) mass is 849 g/mol. The van der Waals surface area contributed by atoms with Gasteiger partial charge in [0.1, 0.15) is 5.82 Å². The van der Waals surface area contributed by atoms with Gasteiger partial charge in [-0.05, 0) is 130 Å². The van der Waals surface area contributed by atoms with Gasteiger partial charge in [-0.15, -0.1) is 0 Å². The first-order chi connectivity index (χ1) is 32.6. The van der Waals surface area contributed by atoms with Crippen molar-refractivity contribution in [2.75, 3.05) is 0 Å². The number of nitrogens with zero attached hydrogens (tertiary/aromatic N) is 3. The zero-order chi connectivity index (χ0) is 44.0. The average Bonchev–Trinajstić information content (AvgIpc) is 3.77. The molecule has 2 heterocycles. The molecular weight excluding hydrogens is 810 g/mol. The summed E-state index contributed by atoms with van der Waals surface area (Å²) >= 11 is 0. The number of pyridine rings is 1. The minimum Gasteiger partial charge on any atom is -0.871 e. The van der Waals surface area contributed by atoms with Crippen molar-refractivity contribution in [3.8, 4) is 56.2 Å². The fraction of sp³-hybridized carbons (Fsp3) is 0. The molecular formula is C62H40LiN3O. The quantitative estimate of drug-likeness (QED) is 0.128. The molecule has 0 unspecified atom stereocenters. The maximum Gasteiger partial charge on any atom is 1.00 e. The largest absolute Gasteiger partial charge is 1.00 e. The summed E-state index contributed by atoms with van der Waals surface area (Å²) in [5.41, 5.74) is 12.0. The first kappa shape index (κ1) is 41.4. The maximum absolute atomic E-state index is 11.1. The van der Waals surface area contributed by atoms with Crippen molar-refractivity contribution in [2.24, 2.45) is 0 Å². The fourth-order valence-electron chi connectivity index (χ4n) is 9.62. The molecule has 0 N–H and O–H groups in total. The molecule has 13 aromatic rings. The van der Waals surface area contributed by atoms with E-state index in [9.17, 15) is 5.11 Å². The third kappa shape index (κ3) is 7.59. The Kier molecular flexibility index (Phi) is 10.9. The van der Waals surface area contributed by atoms with E-state index in [1.54, 1.807) is 12.3 Å². The Morgan fingerprint density at radius 1 is 0.358 bits per heavy atom. The number of para-hydroxylation sites is 2. The van der Waals surface area contributed by atoms with Gasteiger partial charge >= 0.3 is 18.9 Å². The SMILES string of the molecule is [Li+].[O-]c1cccc2cccnc12.c1ccc(-c2nc3ccc(-c4ccc5c(-c6ccc7ccccc7c6)c6ccccc6c(-c6ccc7ccccc7c6)c5c4)cc3n2-c2ccccc2)cc1. The van der Waals surface area contributed by atoms with E-state index in [0.717, 1.165) is 39.1 Å². The smallest absolute Gasteiger partial charge is 0.871 e. The van der Waals surface area contributed by atoms with Crippen LogP contribution in [-0.4, -0.2) is 14.5 Å². The van der Waals surface area contributed by atoms with Crippen LogP contribution in [0.1, 0.15) is 0 Å². The number of imidazole rings is 1. The molecule has 67 heavy (non-hydrogen) atoms. The van der Waals surface area contributed by atoms with Gasteiger partial charge in [0.15, 0.2) is 0 Å².